The second-order valence-corrected chi connectivity index (χ2v) is 6.40. The average molecular weight is 386 g/mol. The summed E-state index contributed by atoms with van der Waals surface area (Å²) in [4.78, 5) is 34.9. The Morgan fingerprint density at radius 2 is 1.85 bits per heavy atom. The number of nitrogens with one attached hydrogen (secondary N) is 1. The van der Waals surface area contributed by atoms with Crippen LogP contribution in [0.3, 0.4) is 0 Å². The summed E-state index contributed by atoms with van der Waals surface area (Å²) in [6, 6.07) is 11.0. The summed E-state index contributed by atoms with van der Waals surface area (Å²) in [5.74, 6) is -0.197. The van der Waals surface area contributed by atoms with Gasteiger partial charge in [-0.3, -0.25) is 9.59 Å². The van der Waals surface area contributed by atoms with Gasteiger partial charge in [0, 0.05) is 35.7 Å². The van der Waals surface area contributed by atoms with E-state index < -0.39 is 5.63 Å². The number of anilines is 1. The molecule has 0 unspecified atom stereocenters. The molecule has 27 heavy (non-hydrogen) atoms. The molecule has 0 spiro atoms. The van der Waals surface area contributed by atoms with Crippen molar-refractivity contribution in [3.63, 3.8) is 0 Å². The summed E-state index contributed by atoms with van der Waals surface area (Å²) < 4.78 is 10.7. The second kappa shape index (κ2) is 7.63. The van der Waals surface area contributed by atoms with Gasteiger partial charge < -0.3 is 14.5 Å². The van der Waals surface area contributed by atoms with E-state index >= 15 is 0 Å². The smallest absolute Gasteiger partial charge is 0.336 e. The number of Topliss-reactive ketones (excluding diaryl/α,β-unsaturated/α-hetero) is 1. The van der Waals surface area contributed by atoms with Gasteiger partial charge in [-0.05, 0) is 42.8 Å². The van der Waals surface area contributed by atoms with E-state index in [-0.39, 0.29) is 24.0 Å². The predicted molar refractivity (Wildman–Crippen MR) is 103 cm³/mol. The molecule has 6 nitrogen and oxygen atoms in total. The molecule has 1 aromatic heterocycles. The molecule has 138 valence electrons. The zero-order chi connectivity index (χ0) is 19.6. The Balaban J connectivity index is 1.76. The molecule has 1 N–H and O–H groups in total. The van der Waals surface area contributed by atoms with Crippen LogP contribution in [0.5, 0.6) is 5.75 Å². The first-order valence-electron chi connectivity index (χ1n) is 8.11. The first-order valence-corrected chi connectivity index (χ1v) is 8.49. The van der Waals surface area contributed by atoms with Gasteiger partial charge in [0.05, 0.1) is 5.02 Å². The van der Waals surface area contributed by atoms with Crippen LogP contribution >= 0.6 is 11.6 Å². The number of carbonyl (C=O) groups is 2. The molecule has 0 aliphatic heterocycles. The van der Waals surface area contributed by atoms with Crippen LogP contribution in [0.2, 0.25) is 5.02 Å². The van der Waals surface area contributed by atoms with Crippen molar-refractivity contribution in [2.24, 2.45) is 0 Å². The Hall–Kier alpha value is -3.12. The molecule has 3 aromatic rings. The van der Waals surface area contributed by atoms with E-state index in [0.717, 1.165) is 5.56 Å². The van der Waals surface area contributed by atoms with Gasteiger partial charge in [0.15, 0.2) is 12.4 Å². The summed E-state index contributed by atoms with van der Waals surface area (Å²) in [7, 11) is 0. The number of aryl methyl sites for hydroxylation is 1. The molecule has 7 heteroatoms. The molecule has 3 rings (SSSR count). The Kier molecular flexibility index (Phi) is 5.28. The molecular weight excluding hydrogens is 370 g/mol. The molecule has 0 saturated carbocycles. The minimum atomic E-state index is -0.469. The standard InChI is InChI=1S/C20H16ClNO5/c1-11-7-20(25)27-18-9-19(16(21)8-15(11)18)26-10-17(24)13-3-5-14(6-4-13)22-12(2)23/h3-9H,10H2,1-2H3,(H,22,23). The second-order valence-electron chi connectivity index (χ2n) is 6.00. The molecule has 0 aliphatic rings. The van der Waals surface area contributed by atoms with Crippen LogP contribution in [0.25, 0.3) is 11.0 Å². The van der Waals surface area contributed by atoms with Gasteiger partial charge in [-0.15, -0.1) is 0 Å². The molecule has 0 saturated heterocycles. The van der Waals surface area contributed by atoms with Gasteiger partial charge in [0.2, 0.25) is 5.91 Å². The highest BCUT2D eigenvalue weighted by molar-refractivity contribution is 6.32. The topological polar surface area (TPSA) is 85.6 Å². The maximum absolute atomic E-state index is 12.3. The van der Waals surface area contributed by atoms with Gasteiger partial charge in [0.1, 0.15) is 11.3 Å². The van der Waals surface area contributed by atoms with Crippen LogP contribution in [0, 0.1) is 6.92 Å². The number of halogens is 1. The fourth-order valence-electron chi connectivity index (χ4n) is 2.60. The number of rotatable bonds is 5. The summed E-state index contributed by atoms with van der Waals surface area (Å²) in [5, 5.41) is 3.64. The Labute approximate surface area is 159 Å². The number of hydrogen-bond acceptors (Lipinski definition) is 5. The van der Waals surface area contributed by atoms with Gasteiger partial charge >= 0.3 is 5.63 Å². The van der Waals surface area contributed by atoms with E-state index in [0.29, 0.717) is 27.2 Å². The molecule has 2 aromatic carbocycles. The number of ketones is 1. The lowest BCUT2D eigenvalue weighted by molar-refractivity contribution is -0.114. The summed E-state index contributed by atoms with van der Waals surface area (Å²) >= 11 is 6.22. The van der Waals surface area contributed by atoms with Crippen molar-refractivity contribution in [2.75, 3.05) is 11.9 Å². The van der Waals surface area contributed by atoms with Crippen LogP contribution in [-0.2, 0) is 4.79 Å². The van der Waals surface area contributed by atoms with Crippen LogP contribution in [0.1, 0.15) is 22.8 Å². The van der Waals surface area contributed by atoms with E-state index in [4.69, 9.17) is 20.8 Å². The van der Waals surface area contributed by atoms with E-state index in [2.05, 4.69) is 5.32 Å². The van der Waals surface area contributed by atoms with Gasteiger partial charge in [-0.2, -0.15) is 0 Å². The zero-order valence-corrected chi connectivity index (χ0v) is 15.4. The molecule has 0 aliphatic carbocycles. The molecule has 0 atom stereocenters. The number of benzene rings is 2. The van der Waals surface area contributed by atoms with E-state index in [1.807, 2.05) is 0 Å². The Bertz CT molecular complexity index is 1090. The van der Waals surface area contributed by atoms with Crippen LogP contribution in [-0.4, -0.2) is 18.3 Å². The van der Waals surface area contributed by atoms with Gasteiger partial charge in [-0.25, -0.2) is 4.79 Å². The highest BCUT2D eigenvalue weighted by Gasteiger charge is 2.12. The van der Waals surface area contributed by atoms with Crippen molar-refractivity contribution in [3.8, 4) is 5.75 Å². The first-order chi connectivity index (χ1) is 12.8. The lowest BCUT2D eigenvalue weighted by Gasteiger charge is -2.10. The average Bonchev–Trinajstić information content (AvgIpc) is 2.60. The Morgan fingerprint density at radius 1 is 1.15 bits per heavy atom. The third-order valence-electron chi connectivity index (χ3n) is 3.89. The maximum atomic E-state index is 12.3. The molecule has 0 radical (unpaired) electrons. The molecular formula is C20H16ClNO5. The minimum absolute atomic E-state index is 0.190. The lowest BCUT2D eigenvalue weighted by Crippen LogP contribution is -2.12. The minimum Gasteiger partial charge on any atom is -0.484 e. The van der Waals surface area contributed by atoms with Gasteiger partial charge in [0.25, 0.3) is 0 Å². The summed E-state index contributed by atoms with van der Waals surface area (Å²) in [6.07, 6.45) is 0. The SMILES string of the molecule is CC(=O)Nc1ccc(C(=O)COc2cc3oc(=O)cc(C)c3cc2Cl)cc1. The predicted octanol–water partition coefficient (Wildman–Crippen LogP) is 3.97. The number of carbonyl (C=O) groups excluding carboxylic acids is 2. The fraction of sp³-hybridized carbons (Fsp3) is 0.150. The van der Waals surface area contributed by atoms with Crippen molar-refractivity contribution in [1.29, 1.82) is 0 Å². The van der Waals surface area contributed by atoms with Crippen LogP contribution in [0.15, 0.2) is 51.7 Å². The normalized spacial score (nSPS) is 10.6. The number of ether oxygens (including phenoxy) is 1. The third-order valence-corrected chi connectivity index (χ3v) is 4.19. The Morgan fingerprint density at radius 3 is 2.52 bits per heavy atom. The monoisotopic (exact) mass is 385 g/mol. The van der Waals surface area contributed by atoms with Crippen LogP contribution in [0.4, 0.5) is 5.69 Å². The molecule has 0 fully saturated rings. The lowest BCUT2D eigenvalue weighted by atomic mass is 10.1. The van der Waals surface area contributed by atoms with Crippen molar-refractivity contribution < 1.29 is 18.7 Å². The maximum Gasteiger partial charge on any atom is 0.336 e. The van der Waals surface area contributed by atoms with Crippen LogP contribution < -0.4 is 15.7 Å². The van der Waals surface area contributed by atoms with Crippen molar-refractivity contribution in [3.05, 3.63) is 69.0 Å². The first kappa shape index (κ1) is 18.7. The fourth-order valence-corrected chi connectivity index (χ4v) is 2.82. The highest BCUT2D eigenvalue weighted by Crippen LogP contribution is 2.31. The summed E-state index contributed by atoms with van der Waals surface area (Å²) in [5.41, 5.74) is 1.64. The zero-order valence-electron chi connectivity index (χ0n) is 14.7. The van der Waals surface area contributed by atoms with Crippen molar-refractivity contribution >= 4 is 39.9 Å². The summed E-state index contributed by atoms with van der Waals surface area (Å²) in [6.45, 7) is 2.95. The highest BCUT2D eigenvalue weighted by atomic mass is 35.5. The molecule has 0 bridgehead atoms. The molecule has 1 amide bonds. The van der Waals surface area contributed by atoms with E-state index in [1.54, 1.807) is 37.3 Å². The quantitative estimate of drug-likeness (QED) is 0.530. The van der Waals surface area contributed by atoms with E-state index in [9.17, 15) is 14.4 Å². The number of hydrogen-bond donors (Lipinski definition) is 1. The third kappa shape index (κ3) is 4.35. The van der Waals surface area contributed by atoms with Crippen molar-refractivity contribution in [2.45, 2.75) is 13.8 Å². The molecule has 1 heterocycles. The van der Waals surface area contributed by atoms with Gasteiger partial charge in [-0.1, -0.05) is 11.6 Å². The van der Waals surface area contributed by atoms with E-state index in [1.165, 1.54) is 19.1 Å². The number of amides is 1. The van der Waals surface area contributed by atoms with Crippen molar-refractivity contribution in [1.82, 2.24) is 0 Å². The number of fused-ring (bicyclic) bond motifs is 1. The largest absolute Gasteiger partial charge is 0.484 e.